The average Bonchev–Trinajstić information content (AvgIpc) is 2.36. The van der Waals surface area contributed by atoms with Gasteiger partial charge >= 0.3 is 7.05 Å². The average molecular weight is 186 g/mol. The molecule has 0 bridgehead atoms. The molecule has 0 unspecified atom stereocenters. The summed E-state index contributed by atoms with van der Waals surface area (Å²) >= 11 is 1.42. The van der Waals surface area contributed by atoms with Crippen molar-refractivity contribution in [2.75, 3.05) is 11.8 Å². The van der Waals surface area contributed by atoms with E-state index in [1.54, 1.807) is 6.82 Å². The predicted molar refractivity (Wildman–Crippen MR) is 50.4 cm³/mol. The lowest BCUT2D eigenvalue weighted by atomic mass is 9.90. The molecule has 1 aromatic rings. The van der Waals surface area contributed by atoms with E-state index in [0.717, 1.165) is 5.69 Å². The minimum absolute atomic E-state index is 0.109. The second-order valence-corrected chi connectivity index (χ2v) is 3.30. The molecule has 1 heterocycles. The van der Waals surface area contributed by atoms with E-state index < -0.39 is 7.05 Å². The predicted octanol–water partition coefficient (Wildman–Crippen LogP) is 0.200. The van der Waals surface area contributed by atoms with Gasteiger partial charge in [-0.3, -0.25) is 0 Å². The number of nitrogens with zero attached hydrogens (tertiary/aromatic N) is 1. The van der Waals surface area contributed by atoms with Crippen LogP contribution in [0.4, 0.5) is 5.13 Å². The van der Waals surface area contributed by atoms with Crippen LogP contribution < -0.4 is 5.23 Å². The third-order valence-corrected chi connectivity index (χ3v) is 2.07. The maximum absolute atomic E-state index is 8.95. The summed E-state index contributed by atoms with van der Waals surface area (Å²) < 4.78 is 0. The molecule has 0 amide bonds. The van der Waals surface area contributed by atoms with Crippen LogP contribution in [0.1, 0.15) is 5.69 Å². The van der Waals surface area contributed by atoms with Crippen molar-refractivity contribution < 1.29 is 10.1 Å². The molecular formula is C6H11BN2O2S. The summed E-state index contributed by atoms with van der Waals surface area (Å²) in [6.07, 6.45) is 0.567. The summed E-state index contributed by atoms with van der Waals surface area (Å²) in [6, 6.07) is 0. The van der Waals surface area contributed by atoms with Crippen molar-refractivity contribution in [1.29, 1.82) is 0 Å². The number of thiazole rings is 1. The number of rotatable bonds is 4. The number of aromatic nitrogens is 1. The zero-order valence-electron chi connectivity index (χ0n) is 6.82. The molecule has 0 aromatic carbocycles. The van der Waals surface area contributed by atoms with Crippen molar-refractivity contribution in [2.24, 2.45) is 0 Å². The van der Waals surface area contributed by atoms with Gasteiger partial charge in [0.25, 0.3) is 0 Å². The molecule has 1 rings (SSSR count). The molecule has 0 spiro atoms. The quantitative estimate of drug-likeness (QED) is 0.587. The third kappa shape index (κ3) is 2.81. The Balaban J connectivity index is 2.52. The van der Waals surface area contributed by atoms with E-state index in [2.05, 4.69) is 10.2 Å². The fourth-order valence-corrected chi connectivity index (χ4v) is 1.61. The lowest BCUT2D eigenvalue weighted by Gasteiger charge is -1.98. The van der Waals surface area contributed by atoms with Crippen molar-refractivity contribution in [3.63, 3.8) is 0 Å². The molecule has 3 N–H and O–H groups in total. The normalized spacial score (nSPS) is 9.92. The van der Waals surface area contributed by atoms with Crippen LogP contribution in [0.5, 0.6) is 0 Å². The zero-order valence-corrected chi connectivity index (χ0v) is 7.64. The molecule has 66 valence electrons. The topological polar surface area (TPSA) is 65.4 Å². The van der Waals surface area contributed by atoms with E-state index >= 15 is 0 Å². The first kappa shape index (κ1) is 9.50. The maximum Gasteiger partial charge on any atom is 0.408 e. The van der Waals surface area contributed by atoms with E-state index in [9.17, 15) is 0 Å². The van der Waals surface area contributed by atoms with Crippen LogP contribution in [0, 0.1) is 0 Å². The monoisotopic (exact) mass is 186 g/mol. The second kappa shape index (κ2) is 4.44. The Labute approximate surface area is 75.4 Å². The van der Waals surface area contributed by atoms with Crippen LogP contribution in [0.25, 0.3) is 0 Å². The molecule has 0 saturated carbocycles. The van der Waals surface area contributed by atoms with Gasteiger partial charge < -0.3 is 15.4 Å². The molecule has 0 radical (unpaired) electrons. The molecule has 0 saturated heterocycles. The summed E-state index contributed by atoms with van der Waals surface area (Å²) in [5, 5.41) is 22.9. The number of hydrogen-bond donors (Lipinski definition) is 3. The molecule has 1 aromatic heterocycles. The van der Waals surface area contributed by atoms with Crippen molar-refractivity contribution in [3.8, 4) is 0 Å². The largest absolute Gasteiger partial charge is 0.433 e. The number of nitrogens with one attached hydrogen (secondary N) is 1. The minimum Gasteiger partial charge on any atom is -0.433 e. The Morgan fingerprint density at radius 1 is 1.75 bits per heavy atom. The second-order valence-electron chi connectivity index (χ2n) is 2.44. The van der Waals surface area contributed by atoms with Crippen LogP contribution in [-0.2, 0) is 6.42 Å². The van der Waals surface area contributed by atoms with E-state index in [-0.39, 0.29) is 6.61 Å². The van der Waals surface area contributed by atoms with E-state index in [4.69, 9.17) is 10.1 Å². The summed E-state index contributed by atoms with van der Waals surface area (Å²) in [6.45, 7) is 1.74. The SMILES string of the molecule is CB(O)Nc1nc(CCO)cs1. The highest BCUT2D eigenvalue weighted by atomic mass is 32.1. The Morgan fingerprint density at radius 2 is 2.50 bits per heavy atom. The van der Waals surface area contributed by atoms with Gasteiger partial charge in [0.1, 0.15) is 0 Å². The summed E-state index contributed by atoms with van der Waals surface area (Å²) in [5.74, 6) is 0. The Kier molecular flexibility index (Phi) is 3.52. The highest BCUT2D eigenvalue weighted by Gasteiger charge is 2.06. The smallest absolute Gasteiger partial charge is 0.408 e. The highest BCUT2D eigenvalue weighted by Crippen LogP contribution is 2.15. The van der Waals surface area contributed by atoms with Gasteiger partial charge in [-0.05, 0) is 6.82 Å². The van der Waals surface area contributed by atoms with Gasteiger partial charge in [-0.15, -0.1) is 11.3 Å². The van der Waals surface area contributed by atoms with Gasteiger partial charge in [-0.2, -0.15) is 0 Å². The summed E-state index contributed by atoms with van der Waals surface area (Å²) in [5.41, 5.74) is 0.852. The van der Waals surface area contributed by atoms with Crippen molar-refractivity contribution >= 4 is 23.5 Å². The van der Waals surface area contributed by atoms with Crippen LogP contribution in [0.3, 0.4) is 0 Å². The van der Waals surface area contributed by atoms with E-state index in [1.807, 2.05) is 5.38 Å². The van der Waals surface area contributed by atoms with Crippen LogP contribution in [0.2, 0.25) is 6.82 Å². The first-order chi connectivity index (χ1) is 5.72. The lowest BCUT2D eigenvalue weighted by molar-refractivity contribution is 0.298. The lowest BCUT2D eigenvalue weighted by Crippen LogP contribution is -2.19. The van der Waals surface area contributed by atoms with Gasteiger partial charge in [0.15, 0.2) is 5.13 Å². The first-order valence-corrected chi connectivity index (χ1v) is 4.60. The molecule has 4 nitrogen and oxygen atoms in total. The maximum atomic E-state index is 8.95. The third-order valence-electron chi connectivity index (χ3n) is 1.25. The van der Waals surface area contributed by atoms with Gasteiger partial charge in [0.05, 0.1) is 5.69 Å². The standard InChI is InChI=1S/C6H11BN2O2S/c1-7(11)9-6-8-5(2-3-10)4-12-6/h4,10-11H,2-3H2,1H3,(H,8,9). The van der Waals surface area contributed by atoms with Crippen molar-refractivity contribution in [1.82, 2.24) is 4.98 Å². The highest BCUT2D eigenvalue weighted by molar-refractivity contribution is 7.14. The molecule has 0 fully saturated rings. The number of aliphatic hydroxyl groups is 1. The Morgan fingerprint density at radius 3 is 3.08 bits per heavy atom. The van der Waals surface area contributed by atoms with Gasteiger partial charge in [0, 0.05) is 18.4 Å². The first-order valence-electron chi connectivity index (χ1n) is 3.72. The fourth-order valence-electron chi connectivity index (χ4n) is 0.781. The fraction of sp³-hybridized carbons (Fsp3) is 0.500. The molecule has 0 aliphatic carbocycles. The zero-order chi connectivity index (χ0) is 8.97. The van der Waals surface area contributed by atoms with Crippen molar-refractivity contribution in [2.45, 2.75) is 13.2 Å². The molecule has 0 aliphatic heterocycles. The van der Waals surface area contributed by atoms with Crippen LogP contribution >= 0.6 is 11.3 Å². The van der Waals surface area contributed by atoms with Gasteiger partial charge in [0.2, 0.25) is 0 Å². The minimum atomic E-state index is -0.585. The van der Waals surface area contributed by atoms with Crippen molar-refractivity contribution in [3.05, 3.63) is 11.1 Å². The van der Waals surface area contributed by atoms with Crippen LogP contribution in [-0.4, -0.2) is 28.8 Å². The molecule has 12 heavy (non-hydrogen) atoms. The Hall–Kier alpha value is -0.585. The van der Waals surface area contributed by atoms with E-state index in [1.165, 1.54) is 11.3 Å². The van der Waals surface area contributed by atoms with Crippen LogP contribution in [0.15, 0.2) is 5.38 Å². The molecule has 6 heteroatoms. The number of aliphatic hydroxyl groups excluding tert-OH is 1. The molecular weight excluding hydrogens is 175 g/mol. The number of anilines is 1. The summed E-state index contributed by atoms with van der Waals surface area (Å²) in [7, 11) is -0.585. The molecule has 0 aliphatic rings. The molecule has 0 atom stereocenters. The Bertz CT molecular complexity index is 241. The summed E-state index contributed by atoms with van der Waals surface area (Å²) in [4.78, 5) is 4.13. The number of hydrogen-bond acceptors (Lipinski definition) is 5. The van der Waals surface area contributed by atoms with Gasteiger partial charge in [-0.1, -0.05) is 0 Å². The van der Waals surface area contributed by atoms with E-state index in [0.29, 0.717) is 11.6 Å². The van der Waals surface area contributed by atoms with Gasteiger partial charge in [-0.25, -0.2) is 4.98 Å².